The lowest BCUT2D eigenvalue weighted by molar-refractivity contribution is -0.137. The van der Waals surface area contributed by atoms with Crippen molar-refractivity contribution in [2.45, 2.75) is 38.5 Å². The van der Waals surface area contributed by atoms with Gasteiger partial charge >= 0.3 is 6.18 Å². The number of halogens is 4. The highest BCUT2D eigenvalue weighted by atomic mass is 35.5. The lowest BCUT2D eigenvalue weighted by atomic mass is 10.1. The summed E-state index contributed by atoms with van der Waals surface area (Å²) in [4.78, 5) is 7.78. The topological polar surface area (TPSA) is 28.2 Å². The van der Waals surface area contributed by atoms with Gasteiger partial charge in [0.05, 0.1) is 11.3 Å². The molecule has 0 aliphatic carbocycles. The summed E-state index contributed by atoms with van der Waals surface area (Å²) in [6.07, 6.45) is -2.16. The molecule has 1 unspecified atom stereocenters. The van der Waals surface area contributed by atoms with E-state index < -0.39 is 11.7 Å². The van der Waals surface area contributed by atoms with Gasteiger partial charge in [0.1, 0.15) is 0 Å². The minimum Gasteiger partial charge on any atom is -0.365 e. The molecule has 1 aromatic heterocycles. The van der Waals surface area contributed by atoms with Crippen LogP contribution in [-0.4, -0.2) is 29.5 Å². The number of nitrogens with one attached hydrogen (secondary N) is 1. The second-order valence-corrected chi connectivity index (χ2v) is 7.75. The number of alkyl halides is 3. The third-order valence-corrected chi connectivity index (χ3v) is 5.72. The summed E-state index contributed by atoms with van der Waals surface area (Å²) < 4.78 is 39.4. The molecule has 136 valence electrons. The molecule has 2 heterocycles. The normalized spacial score (nSPS) is 18.7. The predicted molar refractivity (Wildman–Crippen MR) is 96.2 cm³/mol. The number of aromatic nitrogens is 1. The van der Waals surface area contributed by atoms with Crippen LogP contribution in [0.5, 0.6) is 0 Å². The van der Waals surface area contributed by atoms with Gasteiger partial charge in [-0.05, 0) is 44.5 Å². The lowest BCUT2D eigenvalue weighted by Crippen LogP contribution is -2.25. The van der Waals surface area contributed by atoms with Crippen molar-refractivity contribution in [2.24, 2.45) is 0 Å². The fraction of sp³-hybridized carbons (Fsp3) is 0.471. The van der Waals surface area contributed by atoms with E-state index in [9.17, 15) is 13.2 Å². The number of hydrogen-bond acceptors (Lipinski definition) is 4. The molecule has 1 aliphatic rings. The van der Waals surface area contributed by atoms with E-state index in [4.69, 9.17) is 11.6 Å². The molecule has 0 amide bonds. The first-order valence-corrected chi connectivity index (χ1v) is 9.27. The Kier molecular flexibility index (Phi) is 5.27. The first-order valence-electron chi connectivity index (χ1n) is 8.07. The second-order valence-electron chi connectivity index (χ2n) is 6.23. The molecule has 1 saturated heterocycles. The maximum absolute atomic E-state index is 13.1. The van der Waals surface area contributed by atoms with Crippen molar-refractivity contribution >= 4 is 28.1 Å². The molecule has 1 aromatic carbocycles. The Bertz CT molecular complexity index is 760. The number of thiazole rings is 1. The molecular formula is C17H19ClF3N3S. The summed E-state index contributed by atoms with van der Waals surface area (Å²) in [5, 5.41) is 3.73. The van der Waals surface area contributed by atoms with Gasteiger partial charge in [0.25, 0.3) is 0 Å². The fourth-order valence-corrected chi connectivity index (χ4v) is 4.29. The van der Waals surface area contributed by atoms with Crippen molar-refractivity contribution < 1.29 is 13.2 Å². The third kappa shape index (κ3) is 4.10. The Balaban J connectivity index is 2.01. The molecule has 1 fully saturated rings. The van der Waals surface area contributed by atoms with Crippen molar-refractivity contribution in [1.29, 1.82) is 0 Å². The smallest absolute Gasteiger partial charge is 0.365 e. The molecular weight excluding hydrogens is 371 g/mol. The highest BCUT2D eigenvalue weighted by molar-refractivity contribution is 7.16. The number of nitrogens with zero attached hydrogens (tertiary/aromatic N) is 2. The third-order valence-electron chi connectivity index (χ3n) is 4.45. The van der Waals surface area contributed by atoms with Crippen LogP contribution in [0, 0.1) is 0 Å². The van der Waals surface area contributed by atoms with Crippen LogP contribution in [0.4, 0.5) is 18.3 Å². The fourth-order valence-electron chi connectivity index (χ4n) is 3.09. The number of anilines is 1. The Labute approximate surface area is 153 Å². The summed E-state index contributed by atoms with van der Waals surface area (Å²) >= 11 is 7.42. The molecule has 0 spiro atoms. The Hall–Kier alpha value is -1.31. The Morgan fingerprint density at radius 1 is 1.36 bits per heavy atom. The Morgan fingerprint density at radius 2 is 2.12 bits per heavy atom. The summed E-state index contributed by atoms with van der Waals surface area (Å²) in [5.74, 6) is 0. The van der Waals surface area contributed by atoms with Gasteiger partial charge in [-0.1, -0.05) is 11.6 Å². The summed E-state index contributed by atoms with van der Waals surface area (Å²) in [6, 6.07) is 4.08. The van der Waals surface area contributed by atoms with E-state index in [1.54, 1.807) is 13.1 Å². The maximum atomic E-state index is 13.1. The first-order chi connectivity index (χ1) is 11.8. The van der Waals surface area contributed by atoms with Crippen LogP contribution >= 0.6 is 22.9 Å². The zero-order valence-electron chi connectivity index (χ0n) is 14.0. The highest BCUT2D eigenvalue weighted by Gasteiger charge is 2.32. The van der Waals surface area contributed by atoms with Crippen molar-refractivity contribution in [3.8, 4) is 11.3 Å². The molecule has 8 heteroatoms. The molecule has 1 N–H and O–H groups in total. The zero-order valence-corrected chi connectivity index (χ0v) is 15.5. The van der Waals surface area contributed by atoms with E-state index in [0.29, 0.717) is 29.0 Å². The Morgan fingerprint density at radius 3 is 2.72 bits per heavy atom. The van der Waals surface area contributed by atoms with E-state index in [1.165, 1.54) is 11.3 Å². The van der Waals surface area contributed by atoms with Gasteiger partial charge in [0.2, 0.25) is 0 Å². The van der Waals surface area contributed by atoms with E-state index in [-0.39, 0.29) is 5.02 Å². The zero-order chi connectivity index (χ0) is 18.2. The molecule has 3 rings (SSSR count). The summed E-state index contributed by atoms with van der Waals surface area (Å²) in [5.41, 5.74) is 0.218. The predicted octanol–water partition coefficient (Wildman–Crippen LogP) is 5.51. The van der Waals surface area contributed by atoms with Crippen LogP contribution in [-0.2, 0) is 12.7 Å². The van der Waals surface area contributed by atoms with Crippen molar-refractivity contribution in [2.75, 3.05) is 18.9 Å². The average Bonchev–Trinajstić information content (AvgIpc) is 3.13. The van der Waals surface area contributed by atoms with E-state index in [1.807, 2.05) is 0 Å². The second kappa shape index (κ2) is 7.13. The van der Waals surface area contributed by atoms with E-state index in [2.05, 4.69) is 22.1 Å². The van der Waals surface area contributed by atoms with Gasteiger partial charge in [-0.25, -0.2) is 4.98 Å². The van der Waals surface area contributed by atoms with Crippen LogP contribution in [0.1, 0.15) is 30.2 Å². The first kappa shape index (κ1) is 18.5. The standard InChI is InChI=1S/C17H19ClF3N3S/c1-10-4-3-5-24(10)9-14-15(23-16(22-2)25-14)11-6-12(17(19,20)21)8-13(18)7-11/h6-8,10H,3-5,9H2,1-2H3,(H,22,23). The van der Waals surface area contributed by atoms with Crippen LogP contribution in [0.25, 0.3) is 11.3 Å². The van der Waals surface area contributed by atoms with Gasteiger partial charge in [0.15, 0.2) is 5.13 Å². The molecule has 3 nitrogen and oxygen atoms in total. The maximum Gasteiger partial charge on any atom is 0.416 e. The number of benzene rings is 1. The van der Waals surface area contributed by atoms with Gasteiger partial charge in [-0.3, -0.25) is 4.90 Å². The largest absolute Gasteiger partial charge is 0.416 e. The van der Waals surface area contributed by atoms with Gasteiger partial charge in [0, 0.05) is 35.1 Å². The molecule has 25 heavy (non-hydrogen) atoms. The van der Waals surface area contributed by atoms with Crippen molar-refractivity contribution in [3.63, 3.8) is 0 Å². The summed E-state index contributed by atoms with van der Waals surface area (Å²) in [7, 11) is 1.75. The van der Waals surface area contributed by atoms with Crippen LogP contribution in [0.3, 0.4) is 0 Å². The average molecular weight is 390 g/mol. The molecule has 0 bridgehead atoms. The van der Waals surface area contributed by atoms with E-state index in [0.717, 1.165) is 36.4 Å². The minimum absolute atomic E-state index is 0.0596. The van der Waals surface area contributed by atoms with Crippen molar-refractivity contribution in [1.82, 2.24) is 9.88 Å². The number of hydrogen-bond donors (Lipinski definition) is 1. The molecule has 0 saturated carbocycles. The molecule has 0 radical (unpaired) electrons. The number of rotatable bonds is 4. The lowest BCUT2D eigenvalue weighted by Gasteiger charge is -2.20. The van der Waals surface area contributed by atoms with Gasteiger partial charge < -0.3 is 5.32 Å². The number of likely N-dealkylation sites (tertiary alicyclic amines) is 1. The van der Waals surface area contributed by atoms with Crippen LogP contribution in [0.15, 0.2) is 18.2 Å². The molecule has 2 aromatic rings. The van der Waals surface area contributed by atoms with Crippen LogP contribution < -0.4 is 5.32 Å². The minimum atomic E-state index is -4.44. The van der Waals surface area contributed by atoms with Crippen LogP contribution in [0.2, 0.25) is 5.02 Å². The van der Waals surface area contributed by atoms with Gasteiger partial charge in [-0.2, -0.15) is 13.2 Å². The van der Waals surface area contributed by atoms with E-state index >= 15 is 0 Å². The highest BCUT2D eigenvalue weighted by Crippen LogP contribution is 2.38. The SMILES string of the molecule is CNc1nc(-c2cc(Cl)cc(C(F)(F)F)c2)c(CN2CCCC2C)s1. The summed E-state index contributed by atoms with van der Waals surface area (Å²) in [6.45, 7) is 3.86. The quantitative estimate of drug-likeness (QED) is 0.747. The monoisotopic (exact) mass is 389 g/mol. The van der Waals surface area contributed by atoms with Crippen molar-refractivity contribution in [3.05, 3.63) is 33.7 Å². The van der Waals surface area contributed by atoms with Gasteiger partial charge in [-0.15, -0.1) is 11.3 Å². The molecule has 1 atom stereocenters. The molecule has 1 aliphatic heterocycles.